The van der Waals surface area contributed by atoms with Crippen LogP contribution in [-0.2, 0) is 26.4 Å². The van der Waals surface area contributed by atoms with E-state index in [1.807, 2.05) is 54.5 Å². The molecule has 0 spiro atoms. The smallest absolute Gasteiger partial charge is 0.157 e. The zero-order valence-electron chi connectivity index (χ0n) is 35.2. The van der Waals surface area contributed by atoms with Crippen molar-refractivity contribution < 1.29 is 22.6 Å². The Morgan fingerprint density at radius 1 is 0.849 bits per heavy atom. The number of sulfone groups is 1. The molecule has 0 aliphatic carbocycles. The fourth-order valence-electron chi connectivity index (χ4n) is 5.54. The minimum absolute atomic E-state index is 0.0890. The second-order valence-corrected chi connectivity index (χ2v) is 18.0. The normalized spacial score (nSPS) is 16.8. The molecule has 3 heterocycles. The van der Waals surface area contributed by atoms with Gasteiger partial charge < -0.3 is 29.4 Å². The van der Waals surface area contributed by atoms with Crippen molar-refractivity contribution in [2.45, 2.75) is 113 Å². The number of rotatable bonds is 9. The lowest BCUT2D eigenvalue weighted by atomic mass is 10.0. The van der Waals surface area contributed by atoms with E-state index in [4.69, 9.17) is 19.9 Å². The van der Waals surface area contributed by atoms with Gasteiger partial charge in [-0.3, -0.25) is 0 Å². The largest absolute Gasteiger partial charge is 0.496 e. The summed E-state index contributed by atoms with van der Waals surface area (Å²) in [6.45, 7) is 25.8. The molecule has 2 fully saturated rings. The van der Waals surface area contributed by atoms with Crippen LogP contribution in [-0.4, -0.2) is 80.6 Å². The number of nitrogens with zero attached hydrogens (tertiary/aromatic N) is 3. The van der Waals surface area contributed by atoms with Crippen LogP contribution in [0.2, 0.25) is 0 Å². The Hall–Kier alpha value is -2.92. The van der Waals surface area contributed by atoms with Crippen LogP contribution in [0.25, 0.3) is 0 Å². The summed E-state index contributed by atoms with van der Waals surface area (Å²) < 4.78 is 40.3. The number of para-hydroxylation sites is 1. The van der Waals surface area contributed by atoms with E-state index in [1.165, 1.54) is 29.7 Å². The number of hydrogen-bond acceptors (Lipinski definition) is 8. The van der Waals surface area contributed by atoms with Gasteiger partial charge in [0.1, 0.15) is 5.75 Å². The van der Waals surface area contributed by atoms with Gasteiger partial charge in [0.05, 0.1) is 31.5 Å². The van der Waals surface area contributed by atoms with Crippen molar-refractivity contribution >= 4 is 15.5 Å². The number of aromatic nitrogens is 2. The van der Waals surface area contributed by atoms with Gasteiger partial charge in [0.15, 0.2) is 16.1 Å². The third kappa shape index (κ3) is 21.5. The molecule has 2 aliphatic rings. The van der Waals surface area contributed by atoms with Crippen molar-refractivity contribution in [1.29, 1.82) is 0 Å². The highest BCUT2D eigenvalue weighted by Gasteiger charge is 2.21. The van der Waals surface area contributed by atoms with Crippen LogP contribution in [0.1, 0.15) is 123 Å². The van der Waals surface area contributed by atoms with Gasteiger partial charge in [0, 0.05) is 50.9 Å². The number of hydrogen-bond donors (Lipinski definition) is 1. The summed E-state index contributed by atoms with van der Waals surface area (Å²) in [6.07, 6.45) is 7.35. The maximum Gasteiger partial charge on any atom is 0.157 e. The second kappa shape index (κ2) is 26.0. The minimum atomic E-state index is -2.69. The third-order valence-corrected chi connectivity index (χ3v) is 10.2. The van der Waals surface area contributed by atoms with Crippen molar-refractivity contribution in [3.05, 3.63) is 77.9 Å². The lowest BCUT2D eigenvalue weighted by molar-refractivity contribution is -0.167. The molecule has 302 valence electrons. The first-order valence-corrected chi connectivity index (χ1v) is 21.4. The van der Waals surface area contributed by atoms with Crippen LogP contribution in [0.5, 0.6) is 5.75 Å². The van der Waals surface area contributed by atoms with Crippen LogP contribution in [0.4, 0.5) is 5.69 Å². The lowest BCUT2D eigenvalue weighted by Gasteiger charge is -2.27. The van der Waals surface area contributed by atoms with Crippen LogP contribution in [0.3, 0.4) is 0 Å². The highest BCUT2D eigenvalue weighted by molar-refractivity contribution is 7.91. The van der Waals surface area contributed by atoms with E-state index in [9.17, 15) is 8.42 Å². The molecular formula is C43H74N4O5S. The molecule has 1 aromatic heterocycles. The van der Waals surface area contributed by atoms with E-state index in [1.54, 1.807) is 7.11 Å². The van der Waals surface area contributed by atoms with Crippen molar-refractivity contribution in [3.63, 3.8) is 0 Å². The van der Waals surface area contributed by atoms with E-state index >= 15 is 0 Å². The molecule has 0 saturated carbocycles. The molecule has 1 atom stereocenters. The number of nitrogen functional groups attached to an aromatic ring is 1. The first-order valence-electron chi connectivity index (χ1n) is 19.6. The first-order chi connectivity index (χ1) is 24.9. The number of methoxy groups -OCH3 is 1. The number of nitrogens with two attached hydrogens (primary N) is 1. The van der Waals surface area contributed by atoms with Gasteiger partial charge in [-0.05, 0) is 78.2 Å². The third-order valence-electron chi connectivity index (χ3n) is 8.62. The zero-order chi connectivity index (χ0) is 40.0. The van der Waals surface area contributed by atoms with Crippen LogP contribution in [0, 0.1) is 11.8 Å². The van der Waals surface area contributed by atoms with Gasteiger partial charge in [-0.25, -0.2) is 13.4 Å². The lowest BCUT2D eigenvalue weighted by Crippen LogP contribution is -2.41. The van der Waals surface area contributed by atoms with E-state index in [2.05, 4.69) is 97.3 Å². The summed E-state index contributed by atoms with van der Waals surface area (Å²) in [4.78, 5) is 6.23. The molecular weight excluding hydrogens is 685 g/mol. The molecule has 2 aromatic carbocycles. The van der Waals surface area contributed by atoms with E-state index in [0.29, 0.717) is 41.1 Å². The molecule has 2 saturated heterocycles. The summed E-state index contributed by atoms with van der Waals surface area (Å²) in [5.41, 5.74) is 10.3. The predicted molar refractivity (Wildman–Crippen MR) is 224 cm³/mol. The van der Waals surface area contributed by atoms with E-state index < -0.39 is 9.84 Å². The molecule has 0 radical (unpaired) electrons. The Balaban J connectivity index is 0.000000332. The quantitative estimate of drug-likeness (QED) is 0.215. The van der Waals surface area contributed by atoms with Crippen LogP contribution < -0.4 is 10.5 Å². The topological polar surface area (TPSA) is 109 Å². The summed E-state index contributed by atoms with van der Waals surface area (Å²) in [7, 11) is 1.03. The summed E-state index contributed by atoms with van der Waals surface area (Å²) in [5, 5.41) is 0. The second-order valence-electron chi connectivity index (χ2n) is 15.7. The van der Waals surface area contributed by atoms with Gasteiger partial charge in [0.25, 0.3) is 0 Å². The molecule has 9 nitrogen and oxygen atoms in total. The SMILES string of the molecule is CC(C)CN1CCS(=O)(=O)CC1.CC(C)COC1CCCCO1.CC(C)c1ccc(N)cc1.CC(C)c1cncn1C.COc1ccccc1C(C)C. The number of anilines is 1. The Labute approximate surface area is 323 Å². The van der Waals surface area contributed by atoms with Crippen molar-refractivity contribution in [3.8, 4) is 5.75 Å². The summed E-state index contributed by atoms with van der Waals surface area (Å²) in [5.74, 6) is 4.64. The molecule has 10 heteroatoms. The highest BCUT2D eigenvalue weighted by Crippen LogP contribution is 2.25. The van der Waals surface area contributed by atoms with Gasteiger partial charge in [-0.1, -0.05) is 99.6 Å². The summed E-state index contributed by atoms with van der Waals surface area (Å²) >= 11 is 0. The maximum atomic E-state index is 11.1. The standard InChI is InChI=1S/C10H14O.C9H13N.C9H18O2.C8H17NO2S.C7H12N2/c1-8(2)9-6-4-5-7-10(9)11-3;1-7(2)8-3-5-9(10)6-4-8;1-8(2)7-11-9-5-3-4-6-10-9;1-8(2)7-9-3-5-12(10,11)6-4-9;1-6(2)7-4-8-5-9(7)3/h4-8H,1-3H3;3-7H,10H2,1-2H3;8-9H,3-7H2,1-2H3;8H,3-7H2,1-2H3;4-6H,1-3H3. The molecule has 2 N–H and O–H groups in total. The Bertz CT molecular complexity index is 1450. The van der Waals surface area contributed by atoms with Crippen LogP contribution in [0.15, 0.2) is 61.1 Å². The molecule has 3 aromatic rings. The molecule has 5 rings (SSSR count). The van der Waals surface area contributed by atoms with Crippen LogP contribution >= 0.6 is 0 Å². The van der Waals surface area contributed by atoms with Crippen molar-refractivity contribution in [2.75, 3.05) is 57.2 Å². The predicted octanol–water partition coefficient (Wildman–Crippen LogP) is 9.31. The zero-order valence-corrected chi connectivity index (χ0v) is 36.0. The highest BCUT2D eigenvalue weighted by atomic mass is 32.2. The van der Waals surface area contributed by atoms with Gasteiger partial charge in [-0.2, -0.15) is 0 Å². The molecule has 53 heavy (non-hydrogen) atoms. The summed E-state index contributed by atoms with van der Waals surface area (Å²) in [6, 6.07) is 16.1. The fraction of sp³-hybridized carbons (Fsp3) is 0.651. The number of benzene rings is 2. The Morgan fingerprint density at radius 3 is 1.89 bits per heavy atom. The molecule has 0 bridgehead atoms. The Morgan fingerprint density at radius 2 is 1.47 bits per heavy atom. The molecule has 2 aliphatic heterocycles. The molecule has 1 unspecified atom stereocenters. The number of ether oxygens (including phenoxy) is 3. The van der Waals surface area contributed by atoms with E-state index in [0.717, 1.165) is 50.7 Å². The molecule has 0 amide bonds. The average molecular weight is 759 g/mol. The fourth-order valence-corrected chi connectivity index (χ4v) is 6.82. The number of imidazole rings is 1. The first kappa shape index (κ1) is 48.1. The van der Waals surface area contributed by atoms with Crippen molar-refractivity contribution in [2.24, 2.45) is 18.9 Å². The van der Waals surface area contributed by atoms with E-state index in [-0.39, 0.29) is 6.29 Å². The Kier molecular flexibility index (Phi) is 23.6. The van der Waals surface area contributed by atoms with Gasteiger partial charge in [-0.15, -0.1) is 0 Å². The minimum Gasteiger partial charge on any atom is -0.496 e. The number of aryl methyl sites for hydroxylation is 1. The maximum absolute atomic E-state index is 11.1. The van der Waals surface area contributed by atoms with Gasteiger partial charge >= 0.3 is 0 Å². The monoisotopic (exact) mass is 759 g/mol. The average Bonchev–Trinajstić information content (AvgIpc) is 3.56. The van der Waals surface area contributed by atoms with Crippen molar-refractivity contribution in [1.82, 2.24) is 14.5 Å². The van der Waals surface area contributed by atoms with Gasteiger partial charge in [0.2, 0.25) is 0 Å².